The van der Waals surface area contributed by atoms with Gasteiger partial charge < -0.3 is 4.48 Å². The van der Waals surface area contributed by atoms with Crippen molar-refractivity contribution < 1.29 is 14.5 Å². The molecular formula is C14H23N2O2+. The summed E-state index contributed by atoms with van der Waals surface area (Å²) in [7, 11) is 5.76. The summed E-state index contributed by atoms with van der Waals surface area (Å²) in [5.74, 6) is -0.353. The van der Waals surface area contributed by atoms with E-state index in [2.05, 4.69) is 0 Å². The highest BCUT2D eigenvalue weighted by molar-refractivity contribution is 5.93. The van der Waals surface area contributed by atoms with Crippen molar-refractivity contribution in [1.29, 1.82) is 0 Å². The smallest absolute Gasteiger partial charge is 0.282 e. The number of benzene rings is 1. The van der Waals surface area contributed by atoms with Crippen LogP contribution < -0.4 is 0 Å². The summed E-state index contributed by atoms with van der Waals surface area (Å²) in [6.45, 7) is 6.23. The molecule has 0 saturated carbocycles. The molecular weight excluding hydrogens is 228 g/mol. The maximum Gasteiger partial charge on any atom is 0.282 e. The minimum absolute atomic E-state index is 0.255. The molecule has 0 spiro atoms. The molecule has 0 atom stereocenters. The van der Waals surface area contributed by atoms with Gasteiger partial charge in [-0.15, -0.1) is 0 Å². The molecule has 0 radical (unpaired) electrons. The van der Waals surface area contributed by atoms with Crippen LogP contribution in [0.2, 0.25) is 0 Å². The van der Waals surface area contributed by atoms with Gasteiger partial charge in [0.25, 0.3) is 5.91 Å². The van der Waals surface area contributed by atoms with Crippen LogP contribution in [0, 0.1) is 20.8 Å². The van der Waals surface area contributed by atoms with Crippen LogP contribution >= 0.6 is 0 Å². The van der Waals surface area contributed by atoms with E-state index in [1.165, 1.54) is 5.56 Å². The van der Waals surface area contributed by atoms with E-state index in [0.29, 0.717) is 10.0 Å². The van der Waals surface area contributed by atoms with Crippen molar-refractivity contribution in [2.24, 2.45) is 0 Å². The normalized spacial score (nSPS) is 11.5. The van der Waals surface area contributed by atoms with Crippen LogP contribution in [0.4, 0.5) is 0 Å². The maximum atomic E-state index is 12.1. The monoisotopic (exact) mass is 251 g/mol. The predicted octanol–water partition coefficient (Wildman–Crippen LogP) is 2.11. The SMILES string of the molecule is Cc1cc(C(=O)N(O)C[N+](C)(C)C)cc(C)c1C. The molecule has 4 nitrogen and oxygen atoms in total. The predicted molar refractivity (Wildman–Crippen MR) is 71.5 cm³/mol. The molecule has 0 bridgehead atoms. The highest BCUT2D eigenvalue weighted by Crippen LogP contribution is 2.16. The lowest BCUT2D eigenvalue weighted by Crippen LogP contribution is -2.46. The molecule has 1 rings (SSSR count). The number of hydroxylamine groups is 2. The van der Waals surface area contributed by atoms with Crippen LogP contribution in [-0.2, 0) is 0 Å². The Labute approximate surface area is 109 Å². The summed E-state index contributed by atoms with van der Waals surface area (Å²) in [6, 6.07) is 3.65. The Morgan fingerprint density at radius 2 is 1.61 bits per heavy atom. The zero-order chi connectivity index (χ0) is 14.1. The minimum Gasteiger partial charge on any atom is -0.312 e. The largest absolute Gasteiger partial charge is 0.312 e. The lowest BCUT2D eigenvalue weighted by Gasteiger charge is -2.28. The van der Waals surface area contributed by atoms with Gasteiger partial charge >= 0.3 is 0 Å². The van der Waals surface area contributed by atoms with Crippen molar-refractivity contribution in [3.8, 4) is 0 Å². The molecule has 0 aromatic heterocycles. The van der Waals surface area contributed by atoms with Crippen molar-refractivity contribution in [2.75, 3.05) is 27.8 Å². The van der Waals surface area contributed by atoms with Gasteiger partial charge in [0, 0.05) is 5.56 Å². The third kappa shape index (κ3) is 3.55. The summed E-state index contributed by atoms with van der Waals surface area (Å²) in [5, 5.41) is 10.6. The third-order valence-electron chi connectivity index (χ3n) is 2.97. The molecule has 1 aromatic rings. The van der Waals surface area contributed by atoms with Gasteiger partial charge in [-0.3, -0.25) is 10.0 Å². The molecule has 100 valence electrons. The molecule has 1 amide bonds. The number of nitrogens with zero attached hydrogens (tertiary/aromatic N) is 2. The summed E-state index contributed by atoms with van der Waals surface area (Å²) >= 11 is 0. The second-order valence-corrected chi connectivity index (χ2v) is 5.87. The van der Waals surface area contributed by atoms with Crippen LogP contribution in [0.1, 0.15) is 27.0 Å². The fraction of sp³-hybridized carbons (Fsp3) is 0.500. The van der Waals surface area contributed by atoms with E-state index in [4.69, 9.17) is 0 Å². The van der Waals surface area contributed by atoms with E-state index in [-0.39, 0.29) is 12.6 Å². The first-order chi connectivity index (χ1) is 8.11. The van der Waals surface area contributed by atoms with Gasteiger partial charge in [0.05, 0.1) is 21.1 Å². The zero-order valence-electron chi connectivity index (χ0n) is 12.1. The highest BCUT2D eigenvalue weighted by atomic mass is 16.5. The quantitative estimate of drug-likeness (QED) is 0.387. The average Bonchev–Trinajstić information content (AvgIpc) is 2.21. The van der Waals surface area contributed by atoms with Crippen LogP contribution in [-0.4, -0.2) is 48.5 Å². The molecule has 0 aliphatic rings. The van der Waals surface area contributed by atoms with Gasteiger partial charge in [0.2, 0.25) is 0 Å². The Morgan fingerprint density at radius 3 is 2.00 bits per heavy atom. The van der Waals surface area contributed by atoms with Gasteiger partial charge in [0.15, 0.2) is 6.67 Å². The lowest BCUT2D eigenvalue weighted by atomic mass is 10.0. The first-order valence-electron chi connectivity index (χ1n) is 6.01. The van der Waals surface area contributed by atoms with Gasteiger partial charge in [0.1, 0.15) is 0 Å². The van der Waals surface area contributed by atoms with E-state index in [0.717, 1.165) is 16.2 Å². The first-order valence-corrected chi connectivity index (χ1v) is 6.01. The number of quaternary nitrogens is 1. The molecule has 0 aliphatic carbocycles. The number of rotatable bonds is 3. The third-order valence-corrected chi connectivity index (χ3v) is 2.97. The summed E-state index contributed by atoms with van der Waals surface area (Å²) in [6.07, 6.45) is 0. The molecule has 1 N–H and O–H groups in total. The number of carbonyl (C=O) groups is 1. The topological polar surface area (TPSA) is 40.5 Å². The number of hydrogen-bond acceptors (Lipinski definition) is 2. The van der Waals surface area contributed by atoms with E-state index in [1.54, 1.807) is 0 Å². The number of aryl methyl sites for hydroxylation is 2. The Kier molecular flexibility index (Phi) is 4.14. The minimum atomic E-state index is -0.353. The fourth-order valence-corrected chi connectivity index (χ4v) is 1.77. The second-order valence-electron chi connectivity index (χ2n) is 5.87. The number of carbonyl (C=O) groups excluding carboxylic acids is 1. The van der Waals surface area contributed by atoms with Crippen LogP contribution in [0.5, 0.6) is 0 Å². The second kappa shape index (κ2) is 5.08. The van der Waals surface area contributed by atoms with Gasteiger partial charge in [-0.1, -0.05) is 0 Å². The summed E-state index contributed by atoms with van der Waals surface area (Å²) in [5.41, 5.74) is 3.85. The van der Waals surface area contributed by atoms with Crippen molar-refractivity contribution in [3.63, 3.8) is 0 Å². The van der Waals surface area contributed by atoms with Crippen molar-refractivity contribution in [2.45, 2.75) is 20.8 Å². The van der Waals surface area contributed by atoms with E-state index >= 15 is 0 Å². The molecule has 0 fully saturated rings. The zero-order valence-corrected chi connectivity index (χ0v) is 12.1. The van der Waals surface area contributed by atoms with Gasteiger partial charge in [-0.05, 0) is 49.6 Å². The Balaban J connectivity index is 2.98. The average molecular weight is 251 g/mol. The van der Waals surface area contributed by atoms with E-state index in [1.807, 2.05) is 54.0 Å². The molecule has 0 aliphatic heterocycles. The highest BCUT2D eigenvalue weighted by Gasteiger charge is 2.20. The molecule has 4 heteroatoms. The van der Waals surface area contributed by atoms with Crippen LogP contribution in [0.15, 0.2) is 12.1 Å². The van der Waals surface area contributed by atoms with E-state index < -0.39 is 0 Å². The molecule has 0 saturated heterocycles. The van der Waals surface area contributed by atoms with Crippen LogP contribution in [0.3, 0.4) is 0 Å². The van der Waals surface area contributed by atoms with Crippen molar-refractivity contribution >= 4 is 5.91 Å². The Bertz CT molecular complexity index is 438. The molecule has 18 heavy (non-hydrogen) atoms. The maximum absolute atomic E-state index is 12.1. The standard InChI is InChI=1S/C14H23N2O2/c1-10-7-13(8-11(2)12(10)3)14(17)15(18)9-16(4,5)6/h7-8,18H,9H2,1-6H3/q+1. The van der Waals surface area contributed by atoms with Crippen molar-refractivity contribution in [3.05, 3.63) is 34.4 Å². The summed E-state index contributed by atoms with van der Waals surface area (Å²) in [4.78, 5) is 12.1. The Hall–Kier alpha value is -1.39. The number of amides is 1. The fourth-order valence-electron chi connectivity index (χ4n) is 1.77. The molecule has 1 aromatic carbocycles. The Morgan fingerprint density at radius 1 is 1.17 bits per heavy atom. The lowest BCUT2D eigenvalue weighted by molar-refractivity contribution is -0.884. The molecule has 0 heterocycles. The van der Waals surface area contributed by atoms with Gasteiger partial charge in [-0.2, -0.15) is 5.06 Å². The van der Waals surface area contributed by atoms with Crippen LogP contribution in [0.25, 0.3) is 0 Å². The summed E-state index contributed by atoms with van der Waals surface area (Å²) < 4.78 is 0.492. The van der Waals surface area contributed by atoms with E-state index in [9.17, 15) is 10.0 Å². The molecule has 0 unspecified atom stereocenters. The van der Waals surface area contributed by atoms with Gasteiger partial charge in [-0.25, -0.2) is 0 Å². The van der Waals surface area contributed by atoms with Crippen molar-refractivity contribution in [1.82, 2.24) is 5.06 Å². The first kappa shape index (κ1) is 14.7. The number of hydrogen-bond donors (Lipinski definition) is 1.